The molecule has 0 fully saturated rings. The van der Waals surface area contributed by atoms with E-state index in [4.69, 9.17) is 0 Å². The second-order valence-electron chi connectivity index (χ2n) is 5.17. The van der Waals surface area contributed by atoms with E-state index in [1.165, 1.54) is 10.4 Å². The topological polar surface area (TPSA) is 52.6 Å². The van der Waals surface area contributed by atoms with Crippen LogP contribution in [0.15, 0.2) is 35.7 Å². The minimum Gasteiger partial charge on any atom is -0.508 e. The Morgan fingerprint density at radius 1 is 1.38 bits per heavy atom. The first-order valence-corrected chi connectivity index (χ1v) is 7.87. The lowest BCUT2D eigenvalue weighted by Gasteiger charge is -2.33. The third-order valence-electron chi connectivity index (χ3n) is 3.93. The van der Waals surface area contributed by atoms with Crippen LogP contribution in [0.1, 0.15) is 22.0 Å². The van der Waals surface area contributed by atoms with Crippen molar-refractivity contribution in [3.8, 4) is 5.75 Å². The lowest BCUT2D eigenvalue weighted by molar-refractivity contribution is -0.126. The van der Waals surface area contributed by atoms with Crippen LogP contribution in [0, 0.1) is 0 Å². The number of phenols is 1. The van der Waals surface area contributed by atoms with E-state index in [1.54, 1.807) is 30.5 Å². The van der Waals surface area contributed by atoms with E-state index in [2.05, 4.69) is 21.7 Å². The van der Waals surface area contributed by atoms with Crippen molar-refractivity contribution in [1.29, 1.82) is 0 Å². The molecule has 0 unspecified atom stereocenters. The molecule has 0 saturated heterocycles. The van der Waals surface area contributed by atoms with E-state index < -0.39 is 6.04 Å². The van der Waals surface area contributed by atoms with Gasteiger partial charge in [0.25, 0.3) is 0 Å². The molecule has 1 aliphatic rings. The van der Waals surface area contributed by atoms with Crippen LogP contribution in [0.2, 0.25) is 0 Å². The van der Waals surface area contributed by atoms with Gasteiger partial charge in [0.2, 0.25) is 5.91 Å². The molecule has 2 N–H and O–H groups in total. The van der Waals surface area contributed by atoms with Crippen LogP contribution < -0.4 is 5.32 Å². The molecule has 1 aliphatic heterocycles. The zero-order valence-electron chi connectivity index (χ0n) is 11.9. The molecule has 1 aromatic heterocycles. The number of rotatable bonds is 3. The molecule has 0 spiro atoms. The predicted octanol–water partition coefficient (Wildman–Crippen LogP) is 2.30. The van der Waals surface area contributed by atoms with Crippen LogP contribution in [0.4, 0.5) is 0 Å². The quantitative estimate of drug-likeness (QED) is 0.915. The van der Waals surface area contributed by atoms with Crippen molar-refractivity contribution in [1.82, 2.24) is 10.2 Å². The van der Waals surface area contributed by atoms with Gasteiger partial charge in [0.05, 0.1) is 0 Å². The van der Waals surface area contributed by atoms with Gasteiger partial charge in [-0.15, -0.1) is 11.3 Å². The van der Waals surface area contributed by atoms with E-state index in [9.17, 15) is 9.90 Å². The molecule has 1 atom stereocenters. The minimum atomic E-state index is -0.454. The lowest BCUT2D eigenvalue weighted by atomic mass is 9.99. The number of para-hydroxylation sites is 1. The second kappa shape index (κ2) is 5.87. The number of hydrogen-bond acceptors (Lipinski definition) is 4. The molecule has 0 aliphatic carbocycles. The molecule has 5 heteroatoms. The fourth-order valence-electron chi connectivity index (χ4n) is 2.85. The van der Waals surface area contributed by atoms with Crippen molar-refractivity contribution in [3.05, 3.63) is 51.7 Å². The van der Waals surface area contributed by atoms with Crippen molar-refractivity contribution >= 4 is 17.2 Å². The minimum absolute atomic E-state index is 0.0878. The molecule has 0 radical (unpaired) electrons. The van der Waals surface area contributed by atoms with Crippen molar-refractivity contribution in [2.45, 2.75) is 19.0 Å². The number of hydrogen-bond donors (Lipinski definition) is 2. The first kappa shape index (κ1) is 14.1. The van der Waals surface area contributed by atoms with E-state index in [-0.39, 0.29) is 11.7 Å². The largest absolute Gasteiger partial charge is 0.508 e. The lowest BCUT2D eigenvalue weighted by Crippen LogP contribution is -2.41. The number of nitrogens with one attached hydrogen (secondary N) is 1. The number of thiophene rings is 1. The Balaban J connectivity index is 1.94. The maximum absolute atomic E-state index is 12.4. The molecule has 0 bridgehead atoms. The van der Waals surface area contributed by atoms with Crippen molar-refractivity contribution < 1.29 is 9.90 Å². The number of likely N-dealkylation sites (N-methyl/N-ethyl adjacent to an activating group) is 1. The highest BCUT2D eigenvalue weighted by atomic mass is 32.1. The standard InChI is InChI=1S/C16H18N2O2S/c1-17-16(20)15(12-4-2-3-5-13(12)19)18-8-6-14-11(10-18)7-9-21-14/h2-5,7,9,15,19H,6,8,10H2,1H3,(H,17,20)/t15-/m0/s1. The van der Waals surface area contributed by atoms with Crippen LogP contribution in [-0.4, -0.2) is 29.5 Å². The Morgan fingerprint density at radius 3 is 2.95 bits per heavy atom. The van der Waals surface area contributed by atoms with Crippen LogP contribution in [-0.2, 0) is 17.8 Å². The first-order chi connectivity index (χ1) is 10.2. The van der Waals surface area contributed by atoms with Crippen molar-refractivity contribution in [2.75, 3.05) is 13.6 Å². The smallest absolute Gasteiger partial charge is 0.241 e. The van der Waals surface area contributed by atoms with Crippen LogP contribution in [0.3, 0.4) is 0 Å². The monoisotopic (exact) mass is 302 g/mol. The van der Waals surface area contributed by atoms with Gasteiger partial charge in [-0.2, -0.15) is 0 Å². The fourth-order valence-corrected chi connectivity index (χ4v) is 3.74. The van der Waals surface area contributed by atoms with Crippen LogP contribution >= 0.6 is 11.3 Å². The summed E-state index contributed by atoms with van der Waals surface area (Å²) in [6.07, 6.45) is 0.952. The van der Waals surface area contributed by atoms with Gasteiger partial charge >= 0.3 is 0 Å². The molecule has 4 nitrogen and oxygen atoms in total. The van der Waals surface area contributed by atoms with Crippen LogP contribution in [0.5, 0.6) is 5.75 Å². The van der Waals surface area contributed by atoms with Gasteiger partial charge in [-0.05, 0) is 29.5 Å². The summed E-state index contributed by atoms with van der Waals surface area (Å²) in [4.78, 5) is 15.9. The fraction of sp³-hybridized carbons (Fsp3) is 0.312. The highest BCUT2D eigenvalue weighted by Crippen LogP contribution is 2.33. The summed E-state index contributed by atoms with van der Waals surface area (Å²) in [5.41, 5.74) is 1.95. The molecule has 0 saturated carbocycles. The summed E-state index contributed by atoms with van der Waals surface area (Å²) in [6, 6.07) is 8.74. The van der Waals surface area contributed by atoms with E-state index in [0.29, 0.717) is 5.56 Å². The Bertz CT molecular complexity index is 653. The summed E-state index contributed by atoms with van der Waals surface area (Å²) in [5, 5.41) is 14.9. The first-order valence-electron chi connectivity index (χ1n) is 6.99. The summed E-state index contributed by atoms with van der Waals surface area (Å²) < 4.78 is 0. The van der Waals surface area contributed by atoms with E-state index in [0.717, 1.165) is 19.5 Å². The van der Waals surface area contributed by atoms with Gasteiger partial charge in [0.1, 0.15) is 11.8 Å². The number of aromatic hydroxyl groups is 1. The molecular weight excluding hydrogens is 284 g/mol. The molecule has 2 aromatic rings. The Kier molecular flexibility index (Phi) is 3.94. The number of fused-ring (bicyclic) bond motifs is 1. The maximum atomic E-state index is 12.4. The Morgan fingerprint density at radius 2 is 2.19 bits per heavy atom. The molecular formula is C16H18N2O2S. The van der Waals surface area contributed by atoms with Crippen LogP contribution in [0.25, 0.3) is 0 Å². The molecule has 2 heterocycles. The maximum Gasteiger partial charge on any atom is 0.241 e. The Hall–Kier alpha value is -1.85. The van der Waals surface area contributed by atoms with Gasteiger partial charge < -0.3 is 10.4 Å². The van der Waals surface area contributed by atoms with E-state index in [1.807, 2.05) is 12.1 Å². The number of nitrogens with zero attached hydrogens (tertiary/aromatic N) is 1. The SMILES string of the molecule is CNC(=O)[C@H](c1ccccc1O)N1CCc2sccc2C1. The summed E-state index contributed by atoms with van der Waals surface area (Å²) in [6.45, 7) is 1.56. The highest BCUT2D eigenvalue weighted by molar-refractivity contribution is 7.10. The summed E-state index contributed by atoms with van der Waals surface area (Å²) >= 11 is 1.78. The zero-order valence-corrected chi connectivity index (χ0v) is 12.7. The average molecular weight is 302 g/mol. The number of carbonyl (C=O) groups excluding carboxylic acids is 1. The normalized spacial score (nSPS) is 16.2. The zero-order chi connectivity index (χ0) is 14.8. The predicted molar refractivity (Wildman–Crippen MR) is 83.3 cm³/mol. The Labute approximate surface area is 128 Å². The third kappa shape index (κ3) is 2.66. The molecule has 110 valence electrons. The average Bonchev–Trinajstić information content (AvgIpc) is 2.97. The van der Waals surface area contributed by atoms with Gasteiger partial charge in [-0.25, -0.2) is 0 Å². The highest BCUT2D eigenvalue weighted by Gasteiger charge is 2.31. The molecule has 3 rings (SSSR count). The molecule has 21 heavy (non-hydrogen) atoms. The van der Waals surface area contributed by atoms with Crippen molar-refractivity contribution in [2.24, 2.45) is 0 Å². The van der Waals surface area contributed by atoms with E-state index >= 15 is 0 Å². The van der Waals surface area contributed by atoms with Gasteiger partial charge in [-0.3, -0.25) is 9.69 Å². The summed E-state index contributed by atoms with van der Waals surface area (Å²) in [5.74, 6) is 0.0809. The van der Waals surface area contributed by atoms with Gasteiger partial charge in [0, 0.05) is 30.6 Å². The summed E-state index contributed by atoms with van der Waals surface area (Å²) in [7, 11) is 1.63. The van der Waals surface area contributed by atoms with Gasteiger partial charge in [-0.1, -0.05) is 18.2 Å². The van der Waals surface area contributed by atoms with Gasteiger partial charge in [0.15, 0.2) is 0 Å². The third-order valence-corrected chi connectivity index (χ3v) is 4.95. The van der Waals surface area contributed by atoms with Crippen molar-refractivity contribution in [3.63, 3.8) is 0 Å². The molecule has 1 amide bonds. The molecule has 1 aromatic carbocycles. The number of benzene rings is 1. The number of phenolic OH excluding ortho intramolecular Hbond substituents is 1. The second-order valence-corrected chi connectivity index (χ2v) is 6.17. The number of carbonyl (C=O) groups is 1. The number of amides is 1.